The van der Waals surface area contributed by atoms with E-state index in [2.05, 4.69) is 43.1 Å². The lowest BCUT2D eigenvalue weighted by Gasteiger charge is -2.04. The van der Waals surface area contributed by atoms with Crippen molar-refractivity contribution in [2.75, 3.05) is 6.61 Å². The smallest absolute Gasteiger partial charge is 0.169 e. The molecule has 0 radical (unpaired) electrons. The minimum Gasteiger partial charge on any atom is -0.395 e. The molecule has 2 rings (SSSR count). The molecule has 0 N–H and O–H groups in total. The second kappa shape index (κ2) is 10.7. The fourth-order valence-electron chi connectivity index (χ4n) is 1.72. The molecule has 0 aliphatic carbocycles. The molecule has 0 bridgehead atoms. The first-order valence-corrected chi connectivity index (χ1v) is 7.52. The van der Waals surface area contributed by atoms with Crippen LogP contribution in [0.3, 0.4) is 0 Å². The number of benzene rings is 1. The highest BCUT2D eigenvalue weighted by Crippen LogP contribution is 2.07. The molecule has 3 heteroatoms. The molecule has 1 heterocycles. The van der Waals surface area contributed by atoms with E-state index in [-0.39, 0.29) is 0 Å². The van der Waals surface area contributed by atoms with Gasteiger partial charge in [-0.05, 0) is 5.56 Å². The van der Waals surface area contributed by atoms with E-state index in [1.165, 1.54) is 11.0 Å². The molecule has 19 heavy (non-hydrogen) atoms. The van der Waals surface area contributed by atoms with Gasteiger partial charge in [0.1, 0.15) is 6.61 Å². The first-order valence-electron chi connectivity index (χ1n) is 7.52. The Morgan fingerprint density at radius 2 is 1.63 bits per heavy atom. The Balaban J connectivity index is 0.000000741. The lowest BCUT2D eigenvalue weighted by molar-refractivity contribution is 0.173. The largest absolute Gasteiger partial charge is 0.395 e. The van der Waals surface area contributed by atoms with Crippen molar-refractivity contribution in [1.29, 1.82) is 0 Å². The van der Waals surface area contributed by atoms with Gasteiger partial charge >= 0.3 is 0 Å². The number of rotatable bonds is 3. The van der Waals surface area contributed by atoms with Crippen molar-refractivity contribution < 1.29 is 4.84 Å². The summed E-state index contributed by atoms with van der Waals surface area (Å²) in [4.78, 5) is 4.98. The van der Waals surface area contributed by atoms with Crippen LogP contribution in [0.25, 0.3) is 0 Å². The molecule has 0 spiro atoms. The third-order valence-corrected chi connectivity index (χ3v) is 2.73. The highest BCUT2D eigenvalue weighted by molar-refractivity contribution is 6.70. The summed E-state index contributed by atoms with van der Waals surface area (Å²) >= 11 is 0. The quantitative estimate of drug-likeness (QED) is 0.753. The van der Waals surface area contributed by atoms with Gasteiger partial charge in [0.15, 0.2) is 6.71 Å². The molecule has 0 atom stereocenters. The average molecular weight is 261 g/mol. The predicted molar refractivity (Wildman–Crippen MR) is 88.0 cm³/mol. The van der Waals surface area contributed by atoms with E-state index in [9.17, 15) is 0 Å². The Morgan fingerprint density at radius 3 is 2.05 bits per heavy atom. The molecule has 0 aromatic heterocycles. The molecule has 0 fully saturated rings. The van der Waals surface area contributed by atoms with Gasteiger partial charge in [-0.25, -0.2) is 0 Å². The summed E-state index contributed by atoms with van der Waals surface area (Å²) in [7, 11) is 0. The fourth-order valence-corrected chi connectivity index (χ4v) is 1.72. The molecule has 0 unspecified atom stereocenters. The SMILES string of the molecule is CB(C)c1ccc(CC2=NOCC2)cc1.CC.CC. The Morgan fingerprint density at radius 1 is 1.05 bits per heavy atom. The van der Waals surface area contributed by atoms with Crippen LogP contribution in [-0.2, 0) is 11.3 Å². The van der Waals surface area contributed by atoms with Gasteiger partial charge in [0.25, 0.3) is 0 Å². The van der Waals surface area contributed by atoms with Gasteiger partial charge in [-0.15, -0.1) is 0 Å². The van der Waals surface area contributed by atoms with Gasteiger partial charge < -0.3 is 4.84 Å². The normalized spacial score (nSPS) is 12.2. The van der Waals surface area contributed by atoms with Crippen molar-refractivity contribution in [3.05, 3.63) is 29.8 Å². The lowest BCUT2D eigenvalue weighted by atomic mass is 9.49. The van der Waals surface area contributed by atoms with Crippen molar-refractivity contribution >= 4 is 17.9 Å². The average Bonchev–Trinajstić information content (AvgIpc) is 2.97. The third-order valence-electron chi connectivity index (χ3n) is 2.73. The molecule has 0 amide bonds. The van der Waals surface area contributed by atoms with Crippen molar-refractivity contribution in [3.63, 3.8) is 0 Å². The predicted octanol–water partition coefficient (Wildman–Crippen LogP) is 4.02. The molecule has 1 aliphatic heterocycles. The van der Waals surface area contributed by atoms with E-state index >= 15 is 0 Å². The number of hydrogen-bond acceptors (Lipinski definition) is 2. The number of oxime groups is 1. The van der Waals surface area contributed by atoms with Crippen LogP contribution in [0, 0.1) is 0 Å². The Kier molecular flexibility index (Phi) is 9.96. The molecule has 1 aromatic carbocycles. The first-order chi connectivity index (χ1) is 9.25. The summed E-state index contributed by atoms with van der Waals surface area (Å²) < 4.78 is 0. The van der Waals surface area contributed by atoms with Gasteiger partial charge in [-0.3, -0.25) is 0 Å². The second-order valence-electron chi connectivity index (χ2n) is 4.31. The van der Waals surface area contributed by atoms with Crippen LogP contribution in [-0.4, -0.2) is 19.0 Å². The summed E-state index contributed by atoms with van der Waals surface area (Å²) in [6, 6.07) is 8.79. The van der Waals surface area contributed by atoms with E-state index in [0.29, 0.717) is 6.71 Å². The second-order valence-corrected chi connectivity index (χ2v) is 4.31. The molecule has 0 saturated carbocycles. The minimum atomic E-state index is 0.603. The van der Waals surface area contributed by atoms with Gasteiger partial charge in [0.05, 0.1) is 5.71 Å². The maximum Gasteiger partial charge on any atom is 0.169 e. The van der Waals surface area contributed by atoms with E-state index in [0.717, 1.165) is 25.2 Å². The molecule has 106 valence electrons. The van der Waals surface area contributed by atoms with Crippen molar-refractivity contribution in [2.45, 2.75) is 54.2 Å². The van der Waals surface area contributed by atoms with Crippen molar-refractivity contribution in [3.8, 4) is 0 Å². The minimum absolute atomic E-state index is 0.603. The van der Waals surface area contributed by atoms with Gasteiger partial charge in [0.2, 0.25) is 0 Å². The van der Waals surface area contributed by atoms with Gasteiger partial charge in [-0.2, -0.15) is 0 Å². The molecule has 1 aromatic rings. The standard InChI is InChI=1S/C12H16BNO.2C2H6/c1-13(2)11-5-3-10(4-6-11)9-12-7-8-15-14-12;2*1-2/h3-6H,7-9H2,1-2H3;2*1-2H3. The summed E-state index contributed by atoms with van der Waals surface area (Å²) in [5.41, 5.74) is 3.87. The first kappa shape index (κ1) is 17.8. The zero-order valence-electron chi connectivity index (χ0n) is 13.4. The van der Waals surface area contributed by atoms with Crippen LogP contribution >= 0.6 is 0 Å². The van der Waals surface area contributed by atoms with Crippen LogP contribution < -0.4 is 5.46 Å². The maximum absolute atomic E-state index is 4.98. The highest BCUT2D eigenvalue weighted by Gasteiger charge is 2.09. The van der Waals surface area contributed by atoms with Crippen LogP contribution in [0.2, 0.25) is 13.6 Å². The number of hydrogen-bond donors (Lipinski definition) is 0. The lowest BCUT2D eigenvalue weighted by Crippen LogP contribution is -2.22. The highest BCUT2D eigenvalue weighted by atomic mass is 16.6. The summed E-state index contributed by atoms with van der Waals surface area (Å²) in [6.45, 7) is 13.8. The van der Waals surface area contributed by atoms with Crippen LogP contribution in [0.4, 0.5) is 0 Å². The fraction of sp³-hybridized carbons (Fsp3) is 0.562. The zero-order valence-corrected chi connectivity index (χ0v) is 13.4. The summed E-state index contributed by atoms with van der Waals surface area (Å²) in [5, 5.41) is 4.01. The van der Waals surface area contributed by atoms with Crippen LogP contribution in [0.5, 0.6) is 0 Å². The van der Waals surface area contributed by atoms with Crippen molar-refractivity contribution in [1.82, 2.24) is 0 Å². The van der Waals surface area contributed by atoms with Gasteiger partial charge in [0, 0.05) is 12.8 Å². The Hall–Kier alpha value is -1.25. The molecular weight excluding hydrogens is 233 g/mol. The van der Waals surface area contributed by atoms with E-state index < -0.39 is 0 Å². The summed E-state index contributed by atoms with van der Waals surface area (Å²) in [5.74, 6) is 0. The Labute approximate surface area is 119 Å². The van der Waals surface area contributed by atoms with E-state index in [1.807, 2.05) is 27.7 Å². The van der Waals surface area contributed by atoms with Crippen LogP contribution in [0.15, 0.2) is 29.4 Å². The zero-order chi connectivity index (χ0) is 14.7. The third kappa shape index (κ3) is 6.46. The van der Waals surface area contributed by atoms with E-state index in [4.69, 9.17) is 4.84 Å². The summed E-state index contributed by atoms with van der Waals surface area (Å²) in [6.07, 6.45) is 1.91. The van der Waals surface area contributed by atoms with E-state index in [1.54, 1.807) is 0 Å². The Bertz CT molecular complexity index is 358. The number of nitrogens with zero attached hydrogens (tertiary/aromatic N) is 1. The monoisotopic (exact) mass is 261 g/mol. The van der Waals surface area contributed by atoms with Crippen LogP contribution in [0.1, 0.15) is 39.7 Å². The van der Waals surface area contributed by atoms with Gasteiger partial charge in [-0.1, -0.05) is 76.2 Å². The molecule has 1 aliphatic rings. The molecular formula is C16H28BNO. The maximum atomic E-state index is 4.98. The molecule has 0 saturated heterocycles. The topological polar surface area (TPSA) is 21.6 Å². The molecule has 2 nitrogen and oxygen atoms in total. The van der Waals surface area contributed by atoms with Crippen molar-refractivity contribution in [2.24, 2.45) is 5.16 Å².